The van der Waals surface area contributed by atoms with Crippen LogP contribution in [0.4, 0.5) is 5.95 Å². The molecule has 1 amide bonds. The molecule has 3 N–H and O–H groups in total. The van der Waals surface area contributed by atoms with Gasteiger partial charge in [0.2, 0.25) is 5.95 Å². The first-order valence-corrected chi connectivity index (χ1v) is 10.8. The first-order chi connectivity index (χ1) is 15.5. The Bertz CT molecular complexity index is 1300. The lowest BCUT2D eigenvalue weighted by atomic mass is 9.82. The number of anilines is 1. The number of hydrogen-bond acceptors (Lipinski definition) is 6. The SMILES string of the molecule is CCOc1cc(C2C(C(=O)C(C)(C)C)=C(O)C(=O)N2c2nc3ccc(C)cc3[nH]2)ccc1O. The van der Waals surface area contributed by atoms with E-state index in [0.29, 0.717) is 17.7 Å². The van der Waals surface area contributed by atoms with Crippen LogP contribution in [0.15, 0.2) is 47.7 Å². The second-order valence-electron chi connectivity index (χ2n) is 9.16. The van der Waals surface area contributed by atoms with E-state index in [0.717, 1.165) is 11.1 Å². The molecule has 33 heavy (non-hydrogen) atoms. The average Bonchev–Trinajstić information content (AvgIpc) is 3.26. The molecule has 2 aromatic carbocycles. The topological polar surface area (TPSA) is 116 Å². The van der Waals surface area contributed by atoms with Crippen molar-refractivity contribution >= 4 is 28.7 Å². The van der Waals surface area contributed by atoms with Gasteiger partial charge in [-0.15, -0.1) is 0 Å². The van der Waals surface area contributed by atoms with E-state index in [1.165, 1.54) is 11.0 Å². The third kappa shape index (κ3) is 3.82. The second kappa shape index (κ2) is 7.95. The zero-order chi connectivity index (χ0) is 24.1. The third-order valence-electron chi connectivity index (χ3n) is 5.59. The van der Waals surface area contributed by atoms with Crippen molar-refractivity contribution in [1.29, 1.82) is 0 Å². The Balaban J connectivity index is 1.92. The number of rotatable bonds is 5. The number of benzene rings is 2. The normalized spacial score (nSPS) is 16.7. The summed E-state index contributed by atoms with van der Waals surface area (Å²) in [4.78, 5) is 35.6. The van der Waals surface area contributed by atoms with E-state index in [9.17, 15) is 19.8 Å². The van der Waals surface area contributed by atoms with E-state index in [1.54, 1.807) is 39.8 Å². The van der Waals surface area contributed by atoms with Gasteiger partial charge in [-0.05, 0) is 49.2 Å². The number of nitrogens with zero attached hydrogens (tertiary/aromatic N) is 2. The highest BCUT2D eigenvalue weighted by Crippen LogP contribution is 2.44. The van der Waals surface area contributed by atoms with Crippen molar-refractivity contribution in [2.75, 3.05) is 11.5 Å². The van der Waals surface area contributed by atoms with Crippen molar-refractivity contribution in [3.8, 4) is 11.5 Å². The summed E-state index contributed by atoms with van der Waals surface area (Å²) in [6.45, 7) is 9.24. The van der Waals surface area contributed by atoms with Crippen molar-refractivity contribution < 1.29 is 24.5 Å². The van der Waals surface area contributed by atoms with Crippen LogP contribution in [0, 0.1) is 12.3 Å². The number of nitrogens with one attached hydrogen (secondary N) is 1. The molecular formula is C25H27N3O5. The molecule has 0 saturated heterocycles. The summed E-state index contributed by atoms with van der Waals surface area (Å²) in [6, 6.07) is 9.32. The molecular weight excluding hydrogens is 422 g/mol. The number of aromatic hydroxyl groups is 1. The van der Waals surface area contributed by atoms with Gasteiger partial charge in [0, 0.05) is 5.41 Å². The highest BCUT2D eigenvalue weighted by atomic mass is 16.5. The van der Waals surface area contributed by atoms with E-state index in [-0.39, 0.29) is 28.8 Å². The molecule has 1 aromatic heterocycles. The van der Waals surface area contributed by atoms with Crippen LogP contribution in [0.3, 0.4) is 0 Å². The van der Waals surface area contributed by atoms with Gasteiger partial charge in [-0.2, -0.15) is 0 Å². The van der Waals surface area contributed by atoms with Crippen molar-refractivity contribution in [3.63, 3.8) is 0 Å². The first-order valence-electron chi connectivity index (χ1n) is 10.8. The smallest absolute Gasteiger partial charge is 0.296 e. The van der Waals surface area contributed by atoms with Gasteiger partial charge < -0.3 is 19.9 Å². The van der Waals surface area contributed by atoms with Crippen LogP contribution in [0.2, 0.25) is 0 Å². The van der Waals surface area contributed by atoms with Crippen LogP contribution in [0.5, 0.6) is 11.5 Å². The number of aliphatic hydroxyl groups is 1. The van der Waals surface area contributed by atoms with Gasteiger partial charge in [0.05, 0.1) is 29.3 Å². The van der Waals surface area contributed by atoms with Gasteiger partial charge in [0.1, 0.15) is 0 Å². The van der Waals surface area contributed by atoms with Crippen LogP contribution >= 0.6 is 0 Å². The largest absolute Gasteiger partial charge is 0.504 e. The molecule has 0 radical (unpaired) electrons. The van der Waals surface area contributed by atoms with Crippen molar-refractivity contribution in [1.82, 2.24) is 9.97 Å². The lowest BCUT2D eigenvalue weighted by molar-refractivity contribution is -0.123. The molecule has 0 saturated carbocycles. The summed E-state index contributed by atoms with van der Waals surface area (Å²) >= 11 is 0. The van der Waals surface area contributed by atoms with E-state index < -0.39 is 23.1 Å². The van der Waals surface area contributed by atoms with Crippen LogP contribution in [-0.2, 0) is 9.59 Å². The maximum atomic E-state index is 13.4. The average molecular weight is 450 g/mol. The standard InChI is InChI=1S/C25H27N3O5/c1-6-33-18-12-14(8-10-17(18)29)20-19(22(31)25(3,4)5)21(30)23(32)28(20)24-26-15-9-7-13(2)11-16(15)27-24/h7-12,20,29-30H,6H2,1-5H3,(H,26,27). The number of carbonyl (C=O) groups excluding carboxylic acids is 2. The Morgan fingerprint density at radius 3 is 2.58 bits per heavy atom. The summed E-state index contributed by atoms with van der Waals surface area (Å²) in [6.07, 6.45) is 0. The van der Waals surface area contributed by atoms with Gasteiger partial charge in [-0.25, -0.2) is 4.98 Å². The number of aromatic nitrogens is 2. The number of Topliss-reactive ketones (excluding diaryl/α,β-unsaturated/α-hetero) is 1. The molecule has 1 aliphatic rings. The number of amides is 1. The fourth-order valence-electron chi connectivity index (χ4n) is 3.97. The predicted octanol–water partition coefficient (Wildman–Crippen LogP) is 4.49. The fraction of sp³-hybridized carbons (Fsp3) is 0.320. The lowest BCUT2D eigenvalue weighted by Gasteiger charge is -2.27. The van der Waals surface area contributed by atoms with Crippen LogP contribution in [0.25, 0.3) is 11.0 Å². The van der Waals surface area contributed by atoms with Gasteiger partial charge in [0.25, 0.3) is 5.91 Å². The number of carbonyl (C=O) groups is 2. The van der Waals surface area contributed by atoms with Gasteiger partial charge in [0.15, 0.2) is 23.0 Å². The Labute approximate surface area is 191 Å². The summed E-state index contributed by atoms with van der Waals surface area (Å²) in [5.74, 6) is -1.33. The molecule has 0 bridgehead atoms. The molecule has 1 aliphatic heterocycles. The Morgan fingerprint density at radius 1 is 1.18 bits per heavy atom. The lowest BCUT2D eigenvalue weighted by Crippen LogP contribution is -2.33. The van der Waals surface area contributed by atoms with Gasteiger partial charge >= 0.3 is 0 Å². The number of phenols is 1. The van der Waals surface area contributed by atoms with Crippen molar-refractivity contribution in [2.45, 2.75) is 40.7 Å². The summed E-state index contributed by atoms with van der Waals surface area (Å²) in [5, 5.41) is 21.0. The van der Waals surface area contributed by atoms with Crippen molar-refractivity contribution in [2.24, 2.45) is 5.41 Å². The predicted molar refractivity (Wildman–Crippen MR) is 124 cm³/mol. The second-order valence-corrected chi connectivity index (χ2v) is 9.16. The maximum Gasteiger partial charge on any atom is 0.296 e. The zero-order valence-corrected chi connectivity index (χ0v) is 19.3. The fourth-order valence-corrected chi connectivity index (χ4v) is 3.97. The van der Waals surface area contributed by atoms with E-state index >= 15 is 0 Å². The van der Waals surface area contributed by atoms with Gasteiger partial charge in [-0.1, -0.05) is 32.9 Å². The monoisotopic (exact) mass is 449 g/mol. The molecule has 0 fully saturated rings. The molecule has 8 heteroatoms. The number of hydrogen-bond donors (Lipinski definition) is 3. The number of phenolic OH excluding ortho intramolecular Hbond substituents is 1. The Hall–Kier alpha value is -3.81. The van der Waals surface area contributed by atoms with Crippen LogP contribution < -0.4 is 9.64 Å². The van der Waals surface area contributed by atoms with Crippen LogP contribution in [-0.4, -0.2) is 38.5 Å². The van der Waals surface area contributed by atoms with Gasteiger partial charge in [-0.3, -0.25) is 14.5 Å². The van der Waals surface area contributed by atoms with E-state index in [4.69, 9.17) is 4.74 Å². The highest BCUT2D eigenvalue weighted by molar-refractivity contribution is 6.17. The van der Waals surface area contributed by atoms with E-state index in [1.807, 2.05) is 25.1 Å². The summed E-state index contributed by atoms with van der Waals surface area (Å²) < 4.78 is 5.52. The minimum atomic E-state index is -0.953. The highest BCUT2D eigenvalue weighted by Gasteiger charge is 2.48. The van der Waals surface area contributed by atoms with E-state index in [2.05, 4.69) is 9.97 Å². The number of ketones is 1. The third-order valence-corrected chi connectivity index (χ3v) is 5.59. The van der Waals surface area contributed by atoms with Crippen LogP contribution in [0.1, 0.15) is 44.9 Å². The number of ether oxygens (including phenoxy) is 1. The molecule has 1 unspecified atom stereocenters. The quantitative estimate of drug-likeness (QED) is 0.529. The minimum absolute atomic E-state index is 0.0164. The zero-order valence-electron chi connectivity index (χ0n) is 19.3. The molecule has 0 aliphatic carbocycles. The van der Waals surface area contributed by atoms with Crippen molar-refractivity contribution in [3.05, 3.63) is 58.9 Å². The number of aryl methyl sites for hydroxylation is 1. The molecule has 3 aromatic rings. The molecule has 2 heterocycles. The number of fused-ring (bicyclic) bond motifs is 1. The number of H-pyrrole nitrogens is 1. The maximum absolute atomic E-state index is 13.4. The molecule has 4 rings (SSSR count). The molecule has 1 atom stereocenters. The summed E-state index contributed by atoms with van der Waals surface area (Å²) in [5.41, 5.74) is 2.04. The number of aromatic amines is 1. The number of imidazole rings is 1. The Morgan fingerprint density at radius 2 is 1.91 bits per heavy atom. The summed E-state index contributed by atoms with van der Waals surface area (Å²) in [7, 11) is 0. The molecule has 8 nitrogen and oxygen atoms in total. The number of aliphatic hydroxyl groups excluding tert-OH is 1. The Kier molecular flexibility index (Phi) is 5.40. The molecule has 172 valence electrons. The first kappa shape index (κ1) is 22.4. The minimum Gasteiger partial charge on any atom is -0.504 e. The molecule has 0 spiro atoms.